The number of aromatic nitrogens is 3. The zero-order chi connectivity index (χ0) is 21.1. The predicted molar refractivity (Wildman–Crippen MR) is 97.8 cm³/mol. The number of hydrogen-bond donors (Lipinski definition) is 0. The number of benzene rings is 1. The van der Waals surface area contributed by atoms with Crippen LogP contribution in [-0.2, 0) is 4.74 Å². The van der Waals surface area contributed by atoms with E-state index in [9.17, 15) is 13.2 Å². The topological polar surface area (TPSA) is 79.5 Å². The van der Waals surface area contributed by atoms with Gasteiger partial charge in [0.15, 0.2) is 12.6 Å². The summed E-state index contributed by atoms with van der Waals surface area (Å²) in [6.45, 7) is 0.0514. The van der Waals surface area contributed by atoms with Crippen LogP contribution in [0.2, 0.25) is 0 Å². The Morgan fingerprint density at radius 1 is 1.13 bits per heavy atom. The van der Waals surface area contributed by atoms with Crippen LogP contribution >= 0.6 is 0 Å². The lowest BCUT2D eigenvalue weighted by atomic mass is 9.77. The second-order valence-corrected chi connectivity index (χ2v) is 6.81. The lowest BCUT2D eigenvalue weighted by Crippen LogP contribution is -2.32. The molecule has 0 bridgehead atoms. The fraction of sp³-hybridized carbons (Fsp3) is 0.350. The lowest BCUT2D eigenvalue weighted by Gasteiger charge is -2.35. The summed E-state index contributed by atoms with van der Waals surface area (Å²) in [4.78, 5) is 8.45. The maximum Gasteiger partial charge on any atom is 0.266 e. The molecule has 0 unspecified atom stereocenters. The first kappa shape index (κ1) is 20.1. The Morgan fingerprint density at radius 2 is 1.97 bits per heavy atom. The molecule has 3 aromatic rings. The molecule has 0 spiro atoms. The van der Waals surface area contributed by atoms with Crippen LogP contribution in [0.15, 0.2) is 41.2 Å². The van der Waals surface area contributed by atoms with Crippen molar-refractivity contribution < 1.29 is 31.9 Å². The van der Waals surface area contributed by atoms with Crippen molar-refractivity contribution in [1.29, 1.82) is 0 Å². The van der Waals surface area contributed by atoms with Crippen LogP contribution in [0, 0.1) is 5.82 Å². The van der Waals surface area contributed by atoms with Crippen molar-refractivity contribution in [3.63, 3.8) is 0 Å². The molecule has 2 heterocycles. The second-order valence-electron chi connectivity index (χ2n) is 6.81. The zero-order valence-electron chi connectivity index (χ0n) is 15.9. The van der Waals surface area contributed by atoms with Crippen LogP contribution in [0.5, 0.6) is 11.8 Å². The summed E-state index contributed by atoms with van der Waals surface area (Å²) in [6.07, 6.45) is 1.31. The number of hydrogen-bond acceptors (Lipinski definition) is 7. The third kappa shape index (κ3) is 4.38. The monoisotopic (exact) mass is 421 g/mol. The van der Waals surface area contributed by atoms with Gasteiger partial charge < -0.3 is 18.7 Å². The Labute approximate surface area is 169 Å². The predicted octanol–water partition coefficient (Wildman–Crippen LogP) is 4.52. The largest absolute Gasteiger partial charge is 0.473 e. The van der Waals surface area contributed by atoms with Crippen molar-refractivity contribution in [1.82, 2.24) is 15.1 Å². The summed E-state index contributed by atoms with van der Waals surface area (Å²) >= 11 is 0. The molecule has 0 aliphatic heterocycles. The van der Waals surface area contributed by atoms with E-state index in [1.807, 2.05) is 0 Å². The summed E-state index contributed by atoms with van der Waals surface area (Å²) in [5.41, 5.74) is 0.573. The summed E-state index contributed by atoms with van der Waals surface area (Å²) in [6, 6.07) is 5.43. The van der Waals surface area contributed by atoms with E-state index >= 15 is 0 Å². The van der Waals surface area contributed by atoms with E-state index in [0.29, 0.717) is 35.7 Å². The summed E-state index contributed by atoms with van der Waals surface area (Å²) in [5, 5.41) is 3.74. The van der Waals surface area contributed by atoms with E-state index in [1.54, 1.807) is 12.1 Å². The molecule has 0 saturated heterocycles. The van der Waals surface area contributed by atoms with Gasteiger partial charge in [-0.3, -0.25) is 0 Å². The Hall–Kier alpha value is -3.14. The Morgan fingerprint density at radius 3 is 2.63 bits per heavy atom. The molecule has 0 radical (unpaired) electrons. The zero-order valence-corrected chi connectivity index (χ0v) is 15.9. The van der Waals surface area contributed by atoms with Crippen LogP contribution in [0.1, 0.15) is 36.3 Å². The minimum atomic E-state index is -2.82. The van der Waals surface area contributed by atoms with Crippen molar-refractivity contribution in [3.05, 3.63) is 53.6 Å². The van der Waals surface area contributed by atoms with Gasteiger partial charge in [0.1, 0.15) is 17.6 Å². The molecular weight excluding hydrogens is 403 g/mol. The molecule has 2 aromatic heterocycles. The first-order valence-electron chi connectivity index (χ1n) is 9.18. The second kappa shape index (κ2) is 8.70. The van der Waals surface area contributed by atoms with Crippen molar-refractivity contribution in [2.45, 2.75) is 31.3 Å². The number of nitrogens with zero attached hydrogens (tertiary/aromatic N) is 3. The number of rotatable bonds is 8. The maximum absolute atomic E-state index is 13.8. The smallest absolute Gasteiger partial charge is 0.266 e. The van der Waals surface area contributed by atoms with Gasteiger partial charge in [-0.1, -0.05) is 12.1 Å². The molecule has 1 fully saturated rings. The molecule has 7 nitrogen and oxygen atoms in total. The van der Waals surface area contributed by atoms with Crippen molar-refractivity contribution in [2.75, 3.05) is 13.9 Å². The quantitative estimate of drug-likeness (QED) is 0.495. The van der Waals surface area contributed by atoms with E-state index < -0.39 is 17.8 Å². The average Bonchev–Trinajstić information content (AvgIpc) is 3.18. The number of methoxy groups -OCH3 is 1. The Balaban J connectivity index is 1.31. The molecule has 10 heteroatoms. The first-order valence-corrected chi connectivity index (χ1v) is 9.18. The Bertz CT molecular complexity index is 991. The molecule has 1 saturated carbocycles. The summed E-state index contributed by atoms with van der Waals surface area (Å²) in [5.74, 6) is 0.183. The van der Waals surface area contributed by atoms with Gasteiger partial charge in [0.25, 0.3) is 12.3 Å². The van der Waals surface area contributed by atoms with Gasteiger partial charge in [-0.15, -0.1) is 0 Å². The molecule has 30 heavy (non-hydrogen) atoms. The molecule has 0 atom stereocenters. The highest BCUT2D eigenvalue weighted by molar-refractivity contribution is 5.51. The van der Waals surface area contributed by atoms with Crippen molar-refractivity contribution >= 4 is 0 Å². The summed E-state index contributed by atoms with van der Waals surface area (Å²) < 4.78 is 59.9. The first-order chi connectivity index (χ1) is 14.5. The fourth-order valence-electron chi connectivity index (χ4n) is 3.15. The molecule has 4 rings (SSSR count). The minimum Gasteiger partial charge on any atom is -0.473 e. The van der Waals surface area contributed by atoms with E-state index in [-0.39, 0.29) is 24.7 Å². The van der Waals surface area contributed by atoms with Gasteiger partial charge >= 0.3 is 0 Å². The maximum atomic E-state index is 13.8. The highest BCUT2D eigenvalue weighted by Gasteiger charge is 2.33. The molecule has 1 aromatic carbocycles. The van der Waals surface area contributed by atoms with Crippen LogP contribution in [0.4, 0.5) is 13.2 Å². The molecular formula is C20H18F3N3O4. The fourth-order valence-corrected chi connectivity index (χ4v) is 3.15. The molecule has 1 aliphatic rings. The number of alkyl halides is 2. The van der Waals surface area contributed by atoms with Gasteiger partial charge in [-0.2, -0.15) is 0 Å². The third-order valence-corrected chi connectivity index (χ3v) is 4.81. The normalized spacial score (nSPS) is 18.3. The van der Waals surface area contributed by atoms with Gasteiger partial charge in [0.2, 0.25) is 5.88 Å². The van der Waals surface area contributed by atoms with Crippen molar-refractivity contribution in [2.24, 2.45) is 0 Å². The van der Waals surface area contributed by atoms with Gasteiger partial charge in [-0.25, -0.2) is 23.1 Å². The number of halogens is 3. The third-order valence-electron chi connectivity index (χ3n) is 4.81. The average molecular weight is 421 g/mol. The van der Waals surface area contributed by atoms with E-state index in [4.69, 9.17) is 18.7 Å². The molecule has 158 valence electrons. The lowest BCUT2D eigenvalue weighted by molar-refractivity contribution is 0.0453. The highest BCUT2D eigenvalue weighted by Crippen LogP contribution is 2.40. The van der Waals surface area contributed by atoms with Crippen molar-refractivity contribution in [3.8, 4) is 23.2 Å². The standard InChI is InChI=1S/C20H18F3N3O4/c1-27-10-28-18-7-17(30-26-18)16-8-25-19(9-24-16)29-13-4-12(5-13)11-2-3-14(20(22)23)15(21)6-11/h2-3,6-9,12-13,20H,4-5,10H2,1H3/t12-,13+. The van der Waals surface area contributed by atoms with Gasteiger partial charge in [0.05, 0.1) is 24.0 Å². The van der Waals surface area contributed by atoms with Gasteiger partial charge in [0, 0.05) is 7.11 Å². The van der Waals surface area contributed by atoms with Crippen LogP contribution in [-0.4, -0.2) is 35.1 Å². The summed E-state index contributed by atoms with van der Waals surface area (Å²) in [7, 11) is 1.50. The molecule has 0 amide bonds. The molecule has 1 aliphatic carbocycles. The van der Waals surface area contributed by atoms with Gasteiger partial charge in [-0.05, 0) is 35.5 Å². The SMILES string of the molecule is COCOc1cc(-c2cnc(O[C@H]3C[C@@H](c4ccc(C(F)F)c(F)c4)C3)cn2)on1. The Kier molecular flexibility index (Phi) is 5.84. The van der Waals surface area contributed by atoms with E-state index in [1.165, 1.54) is 25.6 Å². The molecule has 0 N–H and O–H groups in total. The van der Waals surface area contributed by atoms with Crippen LogP contribution in [0.25, 0.3) is 11.5 Å². The highest BCUT2D eigenvalue weighted by atomic mass is 19.3. The van der Waals surface area contributed by atoms with Crippen LogP contribution < -0.4 is 9.47 Å². The van der Waals surface area contributed by atoms with E-state index in [2.05, 4.69) is 15.1 Å². The number of ether oxygens (including phenoxy) is 3. The van der Waals surface area contributed by atoms with E-state index in [0.717, 1.165) is 6.07 Å². The minimum absolute atomic E-state index is 0.0514. The van der Waals surface area contributed by atoms with Crippen LogP contribution in [0.3, 0.4) is 0 Å².